The smallest absolute Gasteiger partial charge is 0.322 e. The van der Waals surface area contributed by atoms with Crippen LogP contribution in [-0.2, 0) is 0 Å². The molecule has 3 heterocycles. The number of nitrogens with one attached hydrogen (secondary N) is 2. The Bertz CT molecular complexity index is 862. The minimum Gasteiger partial charge on any atom is -0.336 e. The summed E-state index contributed by atoms with van der Waals surface area (Å²) in [7, 11) is 0. The van der Waals surface area contributed by atoms with Gasteiger partial charge in [-0.25, -0.2) is 9.59 Å². The van der Waals surface area contributed by atoms with Crippen LogP contribution in [0, 0.1) is 6.92 Å². The molecule has 1 aromatic carbocycles. The van der Waals surface area contributed by atoms with Gasteiger partial charge in [-0.05, 0) is 61.1 Å². The van der Waals surface area contributed by atoms with E-state index in [-0.39, 0.29) is 12.1 Å². The highest BCUT2D eigenvalue weighted by molar-refractivity contribution is 5.97. The number of hydrogen-bond acceptors (Lipinski definition) is 3. The second kappa shape index (κ2) is 7.88. The molecule has 0 saturated carbocycles. The Balaban J connectivity index is 1.40. The minimum absolute atomic E-state index is 0.0840. The largest absolute Gasteiger partial charge is 0.336 e. The zero-order valence-electron chi connectivity index (χ0n) is 16.0. The maximum absolute atomic E-state index is 12.8. The Hall–Kier alpha value is -3.09. The molecule has 2 aliphatic rings. The van der Waals surface area contributed by atoms with Crippen LogP contribution in [0.5, 0.6) is 0 Å². The van der Waals surface area contributed by atoms with Crippen LogP contribution in [0.3, 0.4) is 0 Å². The summed E-state index contributed by atoms with van der Waals surface area (Å²) in [5.74, 6) is 0.478. The van der Waals surface area contributed by atoms with Gasteiger partial charge in [-0.1, -0.05) is 6.07 Å². The first-order valence-corrected chi connectivity index (χ1v) is 9.74. The Labute approximate surface area is 164 Å². The van der Waals surface area contributed by atoms with E-state index in [4.69, 9.17) is 0 Å². The van der Waals surface area contributed by atoms with Crippen molar-refractivity contribution in [1.82, 2.24) is 15.2 Å². The predicted octanol–water partition coefficient (Wildman–Crippen LogP) is 3.33. The molecule has 2 fully saturated rings. The van der Waals surface area contributed by atoms with Crippen molar-refractivity contribution in [2.24, 2.45) is 0 Å². The summed E-state index contributed by atoms with van der Waals surface area (Å²) in [5, 5.41) is 5.84. The second-order valence-electron chi connectivity index (χ2n) is 7.31. The Morgan fingerprint density at radius 3 is 2.57 bits per heavy atom. The third kappa shape index (κ3) is 3.65. The van der Waals surface area contributed by atoms with Gasteiger partial charge in [0.15, 0.2) is 0 Å². The van der Waals surface area contributed by atoms with Crippen molar-refractivity contribution in [1.29, 1.82) is 0 Å². The van der Waals surface area contributed by atoms with Gasteiger partial charge in [-0.3, -0.25) is 9.88 Å². The van der Waals surface area contributed by atoms with Gasteiger partial charge >= 0.3 is 12.1 Å². The number of benzene rings is 1. The third-order valence-electron chi connectivity index (χ3n) is 5.65. The summed E-state index contributed by atoms with van der Waals surface area (Å²) in [6, 6.07) is 9.61. The van der Waals surface area contributed by atoms with Crippen LogP contribution in [0.25, 0.3) is 0 Å². The maximum Gasteiger partial charge on any atom is 0.322 e. The highest BCUT2D eigenvalue weighted by Crippen LogP contribution is 2.30. The average molecular weight is 379 g/mol. The summed E-state index contributed by atoms with van der Waals surface area (Å²) in [6.07, 6.45) is 5.55. The molecule has 2 N–H and O–H groups in total. The molecule has 146 valence electrons. The molecule has 1 aromatic heterocycles. The molecule has 0 atom stereocenters. The summed E-state index contributed by atoms with van der Waals surface area (Å²) in [5.41, 5.74) is 3.78. The molecule has 4 rings (SSSR count). The van der Waals surface area contributed by atoms with Crippen LogP contribution in [0.4, 0.5) is 21.0 Å². The first-order chi connectivity index (χ1) is 13.6. The van der Waals surface area contributed by atoms with Crippen molar-refractivity contribution >= 4 is 23.4 Å². The lowest BCUT2D eigenvalue weighted by atomic mass is 9.90. The van der Waals surface area contributed by atoms with E-state index in [9.17, 15) is 9.59 Å². The number of rotatable bonds is 3. The Morgan fingerprint density at radius 2 is 1.89 bits per heavy atom. The number of likely N-dealkylation sites (tertiary alicyclic amines) is 1. The standard InChI is InChI=1S/C21H25N5O2/c1-15-18(3-2-4-19(15)26-14-11-23-20(26)27)24-21(28)25-12-7-17(8-13-25)16-5-9-22-10-6-16/h2-6,9-10,17H,7-8,11-14H2,1H3,(H,23,27)(H,24,28). The van der Waals surface area contributed by atoms with E-state index in [0.29, 0.717) is 19.0 Å². The summed E-state index contributed by atoms with van der Waals surface area (Å²) >= 11 is 0. The summed E-state index contributed by atoms with van der Waals surface area (Å²) in [4.78, 5) is 32.4. The van der Waals surface area contributed by atoms with Gasteiger partial charge in [0, 0.05) is 44.3 Å². The zero-order valence-corrected chi connectivity index (χ0v) is 16.0. The van der Waals surface area contributed by atoms with Crippen LogP contribution in [0.1, 0.15) is 29.9 Å². The van der Waals surface area contributed by atoms with Crippen molar-refractivity contribution in [3.63, 3.8) is 0 Å². The van der Waals surface area contributed by atoms with Crippen molar-refractivity contribution in [2.45, 2.75) is 25.7 Å². The van der Waals surface area contributed by atoms with Crippen molar-refractivity contribution in [2.75, 3.05) is 36.4 Å². The molecule has 7 nitrogen and oxygen atoms in total. The lowest BCUT2D eigenvalue weighted by molar-refractivity contribution is 0.194. The average Bonchev–Trinajstić information content (AvgIpc) is 3.16. The van der Waals surface area contributed by atoms with Crippen LogP contribution >= 0.6 is 0 Å². The van der Waals surface area contributed by atoms with Gasteiger partial charge in [0.1, 0.15) is 0 Å². The van der Waals surface area contributed by atoms with E-state index in [1.54, 1.807) is 4.90 Å². The highest BCUT2D eigenvalue weighted by Gasteiger charge is 2.26. The van der Waals surface area contributed by atoms with E-state index >= 15 is 0 Å². The molecule has 2 aromatic rings. The number of amides is 4. The fourth-order valence-corrected chi connectivity index (χ4v) is 4.00. The van der Waals surface area contributed by atoms with E-state index in [1.165, 1.54) is 5.56 Å². The van der Waals surface area contributed by atoms with Gasteiger partial charge < -0.3 is 15.5 Å². The quantitative estimate of drug-likeness (QED) is 0.859. The fourth-order valence-electron chi connectivity index (χ4n) is 4.00. The van der Waals surface area contributed by atoms with Gasteiger partial charge in [-0.2, -0.15) is 0 Å². The normalized spacial score (nSPS) is 17.5. The Morgan fingerprint density at radius 1 is 1.14 bits per heavy atom. The monoisotopic (exact) mass is 379 g/mol. The van der Waals surface area contributed by atoms with E-state index in [0.717, 1.165) is 42.9 Å². The number of urea groups is 2. The highest BCUT2D eigenvalue weighted by atomic mass is 16.2. The second-order valence-corrected chi connectivity index (χ2v) is 7.31. The van der Waals surface area contributed by atoms with Crippen molar-refractivity contribution < 1.29 is 9.59 Å². The number of hydrogen-bond donors (Lipinski definition) is 2. The topological polar surface area (TPSA) is 77.6 Å². The molecular formula is C21H25N5O2. The fraction of sp³-hybridized carbons (Fsp3) is 0.381. The number of aromatic nitrogens is 1. The van der Waals surface area contributed by atoms with Crippen LogP contribution in [0.2, 0.25) is 0 Å². The molecule has 2 saturated heterocycles. The lowest BCUT2D eigenvalue weighted by Gasteiger charge is -2.32. The third-order valence-corrected chi connectivity index (χ3v) is 5.65. The van der Waals surface area contributed by atoms with Gasteiger partial charge in [0.2, 0.25) is 0 Å². The Kier molecular flexibility index (Phi) is 5.14. The van der Waals surface area contributed by atoms with Crippen molar-refractivity contribution in [3.05, 3.63) is 53.9 Å². The zero-order chi connectivity index (χ0) is 19.5. The van der Waals surface area contributed by atoms with E-state index in [2.05, 4.69) is 27.8 Å². The SMILES string of the molecule is Cc1c(NC(=O)N2CCC(c3ccncc3)CC2)cccc1N1CCNC1=O. The number of pyridine rings is 1. The first-order valence-electron chi connectivity index (χ1n) is 9.74. The van der Waals surface area contributed by atoms with Crippen molar-refractivity contribution in [3.8, 4) is 0 Å². The van der Waals surface area contributed by atoms with E-state index < -0.39 is 0 Å². The molecule has 0 spiro atoms. The number of anilines is 2. The minimum atomic E-state index is -0.0928. The molecule has 2 aliphatic heterocycles. The van der Waals surface area contributed by atoms with E-state index in [1.807, 2.05) is 42.4 Å². The number of nitrogens with zero attached hydrogens (tertiary/aromatic N) is 3. The van der Waals surface area contributed by atoms with Crippen LogP contribution in [0.15, 0.2) is 42.7 Å². The van der Waals surface area contributed by atoms with Gasteiger partial charge in [0.25, 0.3) is 0 Å². The molecule has 7 heteroatoms. The molecule has 0 bridgehead atoms. The maximum atomic E-state index is 12.8. The van der Waals surface area contributed by atoms with Crippen LogP contribution in [-0.4, -0.2) is 48.1 Å². The molecule has 4 amide bonds. The summed E-state index contributed by atoms with van der Waals surface area (Å²) < 4.78 is 0. The summed E-state index contributed by atoms with van der Waals surface area (Å²) in [6.45, 7) is 4.67. The van der Waals surface area contributed by atoms with Crippen LogP contribution < -0.4 is 15.5 Å². The lowest BCUT2D eigenvalue weighted by Crippen LogP contribution is -2.40. The number of carbonyl (C=O) groups excluding carboxylic acids is 2. The molecule has 28 heavy (non-hydrogen) atoms. The number of piperidine rings is 1. The number of carbonyl (C=O) groups is 2. The van der Waals surface area contributed by atoms with Gasteiger partial charge in [-0.15, -0.1) is 0 Å². The predicted molar refractivity (Wildman–Crippen MR) is 109 cm³/mol. The molecule has 0 radical (unpaired) electrons. The molecule has 0 aliphatic carbocycles. The van der Waals surface area contributed by atoms with Gasteiger partial charge in [0.05, 0.1) is 5.69 Å². The first kappa shape index (κ1) is 18.3. The molecular weight excluding hydrogens is 354 g/mol. The molecule has 0 unspecified atom stereocenters.